The van der Waals surface area contributed by atoms with E-state index in [0.717, 1.165) is 16.6 Å². The fraction of sp³-hybridized carbons (Fsp3) is 0.143. The van der Waals surface area contributed by atoms with E-state index in [0.29, 0.717) is 10.7 Å². The van der Waals surface area contributed by atoms with E-state index in [4.69, 9.17) is 20.5 Å². The first-order valence-electron chi connectivity index (χ1n) is 7.10. The molecule has 0 aromatic carbocycles. The second-order valence-electron chi connectivity index (χ2n) is 4.11. The number of methoxy groups -OCH3 is 1. The van der Waals surface area contributed by atoms with Gasteiger partial charge in [-0.2, -0.15) is 0 Å². The van der Waals surface area contributed by atoms with Gasteiger partial charge in [0.2, 0.25) is 5.88 Å². The summed E-state index contributed by atoms with van der Waals surface area (Å²) < 4.78 is 28.7. The monoisotopic (exact) mass is 276 g/mol. The molecule has 3 aromatic rings. The zero-order valence-corrected chi connectivity index (χ0v) is 10.8. The quantitative estimate of drug-likeness (QED) is 0.674. The highest BCUT2D eigenvalue weighted by molar-refractivity contribution is 6.30. The number of rotatable bonds is 2. The van der Waals surface area contributed by atoms with Crippen molar-refractivity contribution < 1.29 is 8.85 Å². The number of pyridine rings is 2. The molecule has 96 valence electrons. The zero-order valence-electron chi connectivity index (χ0n) is 13.1. The van der Waals surface area contributed by atoms with E-state index in [1.807, 2.05) is 17.7 Å². The molecule has 3 heterocycles. The fourth-order valence-corrected chi connectivity index (χ4v) is 2.30. The Morgan fingerprint density at radius 3 is 3.11 bits per heavy atom. The molecule has 0 unspecified atom stereocenters. The molecule has 5 heteroatoms. The van der Waals surface area contributed by atoms with E-state index >= 15 is 0 Å². The maximum absolute atomic E-state index is 7.25. The Bertz CT molecular complexity index is 845. The molecule has 0 saturated carbocycles. The second-order valence-corrected chi connectivity index (χ2v) is 4.50. The van der Waals surface area contributed by atoms with Crippen LogP contribution in [-0.2, 0) is 7.05 Å². The number of halogens is 1. The summed E-state index contributed by atoms with van der Waals surface area (Å²) in [7, 11) is -0.697. The highest BCUT2D eigenvalue weighted by Gasteiger charge is 2.13. The van der Waals surface area contributed by atoms with Crippen molar-refractivity contribution in [2.24, 2.45) is 7.05 Å². The van der Waals surface area contributed by atoms with Crippen LogP contribution in [0.3, 0.4) is 0 Å². The number of fused-ring (bicyclic) bond motifs is 1. The Morgan fingerprint density at radius 2 is 2.26 bits per heavy atom. The molecule has 0 N–H and O–H groups in total. The van der Waals surface area contributed by atoms with Gasteiger partial charge in [-0.05, 0) is 24.3 Å². The molecular weight excluding hydrogens is 262 g/mol. The smallest absolute Gasteiger partial charge is 0.222 e. The molecule has 19 heavy (non-hydrogen) atoms. The van der Waals surface area contributed by atoms with Gasteiger partial charge in [0, 0.05) is 18.6 Å². The van der Waals surface area contributed by atoms with Crippen LogP contribution in [-0.4, -0.2) is 21.6 Å². The van der Waals surface area contributed by atoms with Gasteiger partial charge in [-0.3, -0.25) is 0 Å². The minimum atomic E-state index is -2.56. The topological polar surface area (TPSA) is 39.9 Å². The van der Waals surface area contributed by atoms with Crippen LogP contribution in [0.15, 0.2) is 36.7 Å². The Morgan fingerprint density at radius 1 is 1.37 bits per heavy atom. The molecule has 4 nitrogen and oxygen atoms in total. The maximum atomic E-state index is 7.25. The van der Waals surface area contributed by atoms with Crippen molar-refractivity contribution in [1.29, 1.82) is 0 Å². The zero-order chi connectivity index (χ0) is 15.9. The van der Waals surface area contributed by atoms with Crippen molar-refractivity contribution in [3.8, 4) is 17.1 Å². The summed E-state index contributed by atoms with van der Waals surface area (Å²) in [5.41, 5.74) is 2.24. The molecule has 0 atom stereocenters. The molecular formula is C14H12ClN3O. The van der Waals surface area contributed by atoms with E-state index in [-0.39, 0.29) is 5.88 Å². The van der Waals surface area contributed by atoms with Crippen LogP contribution < -0.4 is 4.74 Å². The van der Waals surface area contributed by atoms with Crippen LogP contribution in [0.2, 0.25) is 5.15 Å². The SMILES string of the molecule is [2H]C([2H])([2H])Oc1ncccc1-c1cc2cc(Cl)ncc2n1C. The Balaban J connectivity index is 2.18. The van der Waals surface area contributed by atoms with Gasteiger partial charge in [0.1, 0.15) is 5.15 Å². The van der Waals surface area contributed by atoms with Crippen LogP contribution in [0.4, 0.5) is 0 Å². The first-order chi connectivity index (χ1) is 10.3. The third-order valence-corrected chi connectivity index (χ3v) is 3.25. The van der Waals surface area contributed by atoms with Gasteiger partial charge in [-0.1, -0.05) is 11.6 Å². The molecule has 0 spiro atoms. The molecule has 0 bridgehead atoms. The highest BCUT2D eigenvalue weighted by atomic mass is 35.5. The van der Waals surface area contributed by atoms with E-state index in [9.17, 15) is 0 Å². The van der Waals surface area contributed by atoms with E-state index in [1.165, 1.54) is 6.20 Å². The number of hydrogen-bond donors (Lipinski definition) is 0. The Kier molecular flexibility index (Phi) is 2.14. The van der Waals surface area contributed by atoms with Crippen molar-refractivity contribution in [3.05, 3.63) is 41.8 Å². The lowest BCUT2D eigenvalue weighted by atomic mass is 10.2. The van der Waals surface area contributed by atoms with Gasteiger partial charge in [-0.15, -0.1) is 0 Å². The minimum absolute atomic E-state index is 0.0625. The van der Waals surface area contributed by atoms with Gasteiger partial charge >= 0.3 is 0 Å². The van der Waals surface area contributed by atoms with Gasteiger partial charge in [0.05, 0.1) is 34.1 Å². The van der Waals surface area contributed by atoms with Crippen molar-refractivity contribution in [2.45, 2.75) is 0 Å². The third kappa shape index (κ3) is 1.94. The molecule has 0 amide bonds. The average molecular weight is 277 g/mol. The molecule has 0 aliphatic heterocycles. The summed E-state index contributed by atoms with van der Waals surface area (Å²) in [5.74, 6) is 0.0625. The third-order valence-electron chi connectivity index (χ3n) is 3.04. The Labute approximate surface area is 119 Å². The maximum Gasteiger partial charge on any atom is 0.222 e. The average Bonchev–Trinajstić information content (AvgIpc) is 2.74. The Hall–Kier alpha value is -2.07. The summed E-state index contributed by atoms with van der Waals surface area (Å²) in [4.78, 5) is 8.10. The van der Waals surface area contributed by atoms with Crippen LogP contribution in [0.5, 0.6) is 5.88 Å². The van der Waals surface area contributed by atoms with Gasteiger partial charge in [0.15, 0.2) is 0 Å². The summed E-state index contributed by atoms with van der Waals surface area (Å²) in [6.45, 7) is 0. The molecule has 0 saturated heterocycles. The molecule has 0 radical (unpaired) electrons. The normalized spacial score (nSPS) is 13.9. The summed E-state index contributed by atoms with van der Waals surface area (Å²) in [6, 6.07) is 7.13. The summed E-state index contributed by atoms with van der Waals surface area (Å²) >= 11 is 5.91. The number of ether oxygens (including phenoxy) is 1. The number of hydrogen-bond acceptors (Lipinski definition) is 3. The van der Waals surface area contributed by atoms with Gasteiger partial charge in [-0.25, -0.2) is 9.97 Å². The lowest BCUT2D eigenvalue weighted by molar-refractivity contribution is 0.399. The van der Waals surface area contributed by atoms with Crippen LogP contribution in [0.1, 0.15) is 4.11 Å². The molecule has 0 aliphatic rings. The lowest BCUT2D eigenvalue weighted by Gasteiger charge is -2.08. The van der Waals surface area contributed by atoms with Crippen molar-refractivity contribution in [2.75, 3.05) is 7.04 Å². The lowest BCUT2D eigenvalue weighted by Crippen LogP contribution is -1.95. The van der Waals surface area contributed by atoms with E-state index in [1.54, 1.807) is 24.4 Å². The van der Waals surface area contributed by atoms with Crippen molar-refractivity contribution in [3.63, 3.8) is 0 Å². The van der Waals surface area contributed by atoms with Crippen LogP contribution in [0, 0.1) is 0 Å². The fourth-order valence-electron chi connectivity index (χ4n) is 2.13. The first kappa shape index (κ1) is 8.93. The number of aryl methyl sites for hydroxylation is 1. The minimum Gasteiger partial charge on any atom is -0.481 e. The largest absolute Gasteiger partial charge is 0.481 e. The molecule has 0 aliphatic carbocycles. The predicted octanol–water partition coefficient (Wildman–Crippen LogP) is 3.30. The summed E-state index contributed by atoms with van der Waals surface area (Å²) in [6.07, 6.45) is 3.16. The first-order valence-corrected chi connectivity index (χ1v) is 5.98. The number of aromatic nitrogens is 3. The standard InChI is InChI=1S/C14H12ClN3O/c1-18-11(10-4-3-5-16-14(10)19-2)6-9-7-13(15)17-8-12(9)18/h3-8H,1-2H3/i2D3. The van der Waals surface area contributed by atoms with E-state index in [2.05, 4.69) is 9.97 Å². The second kappa shape index (κ2) is 4.55. The molecule has 0 fully saturated rings. The van der Waals surface area contributed by atoms with Crippen molar-refractivity contribution in [1.82, 2.24) is 14.5 Å². The van der Waals surface area contributed by atoms with Crippen LogP contribution in [0.25, 0.3) is 22.2 Å². The van der Waals surface area contributed by atoms with Gasteiger partial charge in [0.25, 0.3) is 0 Å². The molecule has 3 aromatic heterocycles. The highest BCUT2D eigenvalue weighted by Crippen LogP contribution is 2.32. The van der Waals surface area contributed by atoms with Crippen molar-refractivity contribution >= 4 is 22.5 Å². The summed E-state index contributed by atoms with van der Waals surface area (Å²) in [5, 5.41) is 1.30. The predicted molar refractivity (Wildman–Crippen MR) is 75.5 cm³/mol. The van der Waals surface area contributed by atoms with Crippen LogP contribution >= 0.6 is 11.6 Å². The number of nitrogens with zero attached hydrogens (tertiary/aromatic N) is 3. The van der Waals surface area contributed by atoms with E-state index < -0.39 is 7.04 Å². The van der Waals surface area contributed by atoms with Gasteiger partial charge < -0.3 is 9.30 Å². The molecule has 3 rings (SSSR count).